The Morgan fingerprint density at radius 2 is 2.25 bits per heavy atom. The molecular weight excluding hydrogens is 204 g/mol. The highest BCUT2D eigenvalue weighted by molar-refractivity contribution is 5.87. The fraction of sp³-hybridized carbons (Fsp3) is 0.333. The lowest BCUT2D eigenvalue weighted by atomic mass is 10.1. The lowest BCUT2D eigenvalue weighted by Crippen LogP contribution is -2.31. The van der Waals surface area contributed by atoms with Crippen molar-refractivity contribution in [3.8, 4) is 6.07 Å². The zero-order chi connectivity index (χ0) is 11.8. The van der Waals surface area contributed by atoms with Crippen LogP contribution in [0.25, 0.3) is 0 Å². The molecule has 0 atom stereocenters. The number of anilines is 1. The highest BCUT2D eigenvalue weighted by Gasteiger charge is 2.50. The number of carboxylic acids is 1. The number of benzene rings is 1. The van der Waals surface area contributed by atoms with Crippen LogP contribution in [0.5, 0.6) is 0 Å². The molecule has 0 aromatic heterocycles. The first kappa shape index (κ1) is 10.5. The van der Waals surface area contributed by atoms with E-state index < -0.39 is 11.5 Å². The third kappa shape index (κ3) is 1.72. The highest BCUT2D eigenvalue weighted by Crippen LogP contribution is 2.39. The van der Waals surface area contributed by atoms with E-state index in [2.05, 4.69) is 11.4 Å². The first-order chi connectivity index (χ1) is 7.57. The van der Waals surface area contributed by atoms with Crippen LogP contribution in [-0.2, 0) is 4.79 Å². The molecule has 16 heavy (non-hydrogen) atoms. The van der Waals surface area contributed by atoms with Gasteiger partial charge in [0.1, 0.15) is 11.6 Å². The van der Waals surface area contributed by atoms with Crippen LogP contribution in [0.15, 0.2) is 18.2 Å². The van der Waals surface area contributed by atoms with Crippen molar-refractivity contribution < 1.29 is 9.90 Å². The quantitative estimate of drug-likeness (QED) is 0.809. The fourth-order valence-corrected chi connectivity index (χ4v) is 1.63. The number of hydrogen-bond acceptors (Lipinski definition) is 3. The summed E-state index contributed by atoms with van der Waals surface area (Å²) >= 11 is 0. The fourth-order valence-electron chi connectivity index (χ4n) is 1.63. The van der Waals surface area contributed by atoms with Crippen molar-refractivity contribution in [1.82, 2.24) is 0 Å². The summed E-state index contributed by atoms with van der Waals surface area (Å²) in [6.45, 7) is 1.90. The van der Waals surface area contributed by atoms with E-state index in [-0.39, 0.29) is 0 Å². The highest BCUT2D eigenvalue weighted by atomic mass is 16.4. The van der Waals surface area contributed by atoms with Crippen molar-refractivity contribution >= 4 is 11.7 Å². The molecule has 2 rings (SSSR count). The van der Waals surface area contributed by atoms with Crippen molar-refractivity contribution in [3.63, 3.8) is 0 Å². The predicted molar refractivity (Wildman–Crippen MR) is 59.1 cm³/mol. The number of nitrogens with one attached hydrogen (secondary N) is 1. The molecule has 0 bridgehead atoms. The molecule has 1 saturated carbocycles. The van der Waals surface area contributed by atoms with Crippen molar-refractivity contribution in [3.05, 3.63) is 29.3 Å². The Morgan fingerprint density at radius 3 is 2.75 bits per heavy atom. The second-order valence-corrected chi connectivity index (χ2v) is 4.17. The summed E-state index contributed by atoms with van der Waals surface area (Å²) in [5, 5.41) is 21.0. The average Bonchev–Trinajstić information content (AvgIpc) is 3.02. The van der Waals surface area contributed by atoms with E-state index in [0.29, 0.717) is 24.1 Å². The molecule has 1 aliphatic rings. The maximum atomic E-state index is 11.0. The van der Waals surface area contributed by atoms with Crippen molar-refractivity contribution in [1.29, 1.82) is 5.26 Å². The van der Waals surface area contributed by atoms with Gasteiger partial charge in [0.25, 0.3) is 0 Å². The normalized spacial score (nSPS) is 16.2. The number of carboxylic acid groups (broad SMARTS) is 1. The van der Waals surface area contributed by atoms with Gasteiger partial charge in [-0.25, -0.2) is 4.79 Å². The summed E-state index contributed by atoms with van der Waals surface area (Å²) in [4.78, 5) is 11.0. The van der Waals surface area contributed by atoms with Crippen LogP contribution in [0.2, 0.25) is 0 Å². The van der Waals surface area contributed by atoms with Crippen LogP contribution in [0.1, 0.15) is 24.0 Å². The van der Waals surface area contributed by atoms with Gasteiger partial charge in [-0.05, 0) is 37.5 Å². The Bertz CT molecular complexity index is 484. The standard InChI is InChI=1S/C12H12N2O2/c1-8-2-3-10(9(6-8)7-13)14-12(4-5-12)11(15)16/h2-3,6,14H,4-5H2,1H3,(H,15,16). The molecule has 0 saturated heterocycles. The van der Waals surface area contributed by atoms with Crippen LogP contribution in [0.4, 0.5) is 5.69 Å². The SMILES string of the molecule is Cc1ccc(NC2(C(=O)O)CC2)c(C#N)c1. The Balaban J connectivity index is 2.29. The molecule has 2 N–H and O–H groups in total. The first-order valence-corrected chi connectivity index (χ1v) is 5.10. The van der Waals surface area contributed by atoms with Crippen LogP contribution in [0.3, 0.4) is 0 Å². The topological polar surface area (TPSA) is 73.1 Å². The molecule has 1 aliphatic carbocycles. The van der Waals surface area contributed by atoms with Gasteiger partial charge in [-0.2, -0.15) is 5.26 Å². The summed E-state index contributed by atoms with van der Waals surface area (Å²) in [5.74, 6) is -0.850. The smallest absolute Gasteiger partial charge is 0.329 e. The van der Waals surface area contributed by atoms with Crippen LogP contribution < -0.4 is 5.32 Å². The number of aryl methyl sites for hydroxylation is 1. The van der Waals surface area contributed by atoms with E-state index in [0.717, 1.165) is 5.56 Å². The first-order valence-electron chi connectivity index (χ1n) is 5.10. The van der Waals surface area contributed by atoms with Crippen molar-refractivity contribution in [2.24, 2.45) is 0 Å². The zero-order valence-corrected chi connectivity index (χ0v) is 8.95. The molecule has 82 valence electrons. The Morgan fingerprint density at radius 1 is 1.56 bits per heavy atom. The van der Waals surface area contributed by atoms with Gasteiger partial charge in [0.15, 0.2) is 0 Å². The Labute approximate surface area is 93.5 Å². The van der Waals surface area contributed by atoms with Crippen LogP contribution in [-0.4, -0.2) is 16.6 Å². The molecule has 0 spiro atoms. The van der Waals surface area contributed by atoms with E-state index in [9.17, 15) is 4.79 Å². The number of carbonyl (C=O) groups is 1. The molecule has 0 heterocycles. The number of hydrogen-bond donors (Lipinski definition) is 2. The lowest BCUT2D eigenvalue weighted by Gasteiger charge is -2.15. The lowest BCUT2D eigenvalue weighted by molar-refractivity contribution is -0.138. The molecule has 0 aliphatic heterocycles. The van der Waals surface area contributed by atoms with Gasteiger partial charge in [0, 0.05) is 0 Å². The maximum absolute atomic E-state index is 11.0. The minimum Gasteiger partial charge on any atom is -0.480 e. The summed E-state index contributed by atoms with van der Waals surface area (Å²) in [6, 6.07) is 7.44. The third-order valence-corrected chi connectivity index (χ3v) is 2.83. The van der Waals surface area contributed by atoms with Gasteiger partial charge in [0.05, 0.1) is 11.3 Å². The van der Waals surface area contributed by atoms with E-state index >= 15 is 0 Å². The predicted octanol–water partition coefficient (Wildman–Crippen LogP) is 1.90. The molecule has 4 heteroatoms. The Hall–Kier alpha value is -2.02. The van der Waals surface area contributed by atoms with Gasteiger partial charge in [-0.15, -0.1) is 0 Å². The van der Waals surface area contributed by atoms with E-state index in [1.54, 1.807) is 12.1 Å². The van der Waals surface area contributed by atoms with Crippen molar-refractivity contribution in [2.45, 2.75) is 25.3 Å². The molecule has 0 unspecified atom stereocenters. The van der Waals surface area contributed by atoms with E-state index in [1.807, 2.05) is 13.0 Å². The Kier molecular flexibility index (Phi) is 2.31. The molecule has 1 aromatic rings. The largest absolute Gasteiger partial charge is 0.480 e. The number of aliphatic carboxylic acids is 1. The minimum absolute atomic E-state index is 0.493. The molecule has 1 fully saturated rings. The minimum atomic E-state index is -0.850. The molecule has 0 amide bonds. The second kappa shape index (κ2) is 3.53. The number of nitriles is 1. The van der Waals surface area contributed by atoms with E-state index in [1.165, 1.54) is 0 Å². The summed E-state index contributed by atoms with van der Waals surface area (Å²) in [5.41, 5.74) is 1.24. The van der Waals surface area contributed by atoms with Gasteiger partial charge in [-0.3, -0.25) is 0 Å². The average molecular weight is 216 g/mol. The van der Waals surface area contributed by atoms with Gasteiger partial charge in [0.2, 0.25) is 0 Å². The molecule has 1 aromatic carbocycles. The molecule has 4 nitrogen and oxygen atoms in total. The zero-order valence-electron chi connectivity index (χ0n) is 8.95. The van der Waals surface area contributed by atoms with Crippen molar-refractivity contribution in [2.75, 3.05) is 5.32 Å². The molecule has 0 radical (unpaired) electrons. The van der Waals surface area contributed by atoms with Gasteiger partial charge < -0.3 is 10.4 Å². The monoisotopic (exact) mass is 216 g/mol. The summed E-state index contributed by atoms with van der Waals surface area (Å²) in [7, 11) is 0. The maximum Gasteiger partial charge on any atom is 0.329 e. The number of nitrogens with zero attached hydrogens (tertiary/aromatic N) is 1. The van der Waals surface area contributed by atoms with E-state index in [4.69, 9.17) is 10.4 Å². The van der Waals surface area contributed by atoms with Crippen LogP contribution >= 0.6 is 0 Å². The van der Waals surface area contributed by atoms with Gasteiger partial charge >= 0.3 is 5.97 Å². The molecular formula is C12H12N2O2. The number of rotatable bonds is 3. The second-order valence-electron chi connectivity index (χ2n) is 4.17. The third-order valence-electron chi connectivity index (χ3n) is 2.83. The van der Waals surface area contributed by atoms with Crippen LogP contribution in [0, 0.1) is 18.3 Å². The van der Waals surface area contributed by atoms with Gasteiger partial charge in [-0.1, -0.05) is 6.07 Å². The summed E-state index contributed by atoms with van der Waals surface area (Å²) < 4.78 is 0. The summed E-state index contributed by atoms with van der Waals surface area (Å²) in [6.07, 6.45) is 1.22.